The fraction of sp³-hybridized carbons (Fsp3) is 0.600. The van der Waals surface area contributed by atoms with E-state index in [4.69, 9.17) is 0 Å². The van der Waals surface area contributed by atoms with Gasteiger partial charge in [-0.3, -0.25) is 0 Å². The monoisotopic (exact) mass is 215 g/mol. The van der Waals surface area contributed by atoms with Crippen molar-refractivity contribution >= 4 is 0 Å². The Balaban J connectivity index is 1.69. The summed E-state index contributed by atoms with van der Waals surface area (Å²) >= 11 is 0. The van der Waals surface area contributed by atoms with E-state index in [9.17, 15) is 0 Å². The third-order valence-corrected chi connectivity index (χ3v) is 4.21. The number of hydrogen-bond acceptors (Lipinski definition) is 1. The zero-order valence-corrected chi connectivity index (χ0v) is 9.99. The van der Waals surface area contributed by atoms with Gasteiger partial charge in [0.05, 0.1) is 0 Å². The van der Waals surface area contributed by atoms with Crippen LogP contribution in [0.2, 0.25) is 0 Å². The maximum Gasteiger partial charge on any atom is 0.00809 e. The molecule has 0 unspecified atom stereocenters. The number of nitrogens with zero attached hydrogens (tertiary/aromatic N) is 1. The highest BCUT2D eigenvalue weighted by atomic mass is 15.1. The molecule has 86 valence electrons. The highest BCUT2D eigenvalue weighted by Gasteiger charge is 2.45. The standard InChI is InChI=1S/C15H21N/c1-3-7-14(8-4-1)15(9-10-15)13-16-11-5-2-6-12-16/h1,3-4,7-8H,2,5-6,9-13H2. The Bertz CT molecular complexity index is 334. The van der Waals surface area contributed by atoms with Gasteiger partial charge in [0.25, 0.3) is 0 Å². The molecule has 2 aliphatic rings. The molecule has 1 nitrogen and oxygen atoms in total. The van der Waals surface area contributed by atoms with Gasteiger partial charge in [-0.05, 0) is 44.3 Å². The Hall–Kier alpha value is -0.820. The van der Waals surface area contributed by atoms with Crippen LogP contribution in [0.4, 0.5) is 0 Å². The summed E-state index contributed by atoms with van der Waals surface area (Å²) in [6.45, 7) is 3.96. The smallest absolute Gasteiger partial charge is 0.00809 e. The van der Waals surface area contributed by atoms with E-state index in [1.54, 1.807) is 5.56 Å². The first-order chi connectivity index (χ1) is 7.89. The Morgan fingerprint density at radius 1 is 0.938 bits per heavy atom. The van der Waals surface area contributed by atoms with E-state index in [1.165, 1.54) is 51.7 Å². The van der Waals surface area contributed by atoms with Crippen LogP contribution in [0, 0.1) is 0 Å². The third-order valence-electron chi connectivity index (χ3n) is 4.21. The molecule has 1 saturated carbocycles. The summed E-state index contributed by atoms with van der Waals surface area (Å²) in [6.07, 6.45) is 7.05. The highest BCUT2D eigenvalue weighted by Crippen LogP contribution is 2.48. The molecule has 0 spiro atoms. The van der Waals surface area contributed by atoms with Crippen molar-refractivity contribution in [2.45, 2.75) is 37.5 Å². The van der Waals surface area contributed by atoms with Gasteiger partial charge in [-0.15, -0.1) is 0 Å². The van der Waals surface area contributed by atoms with Crippen LogP contribution < -0.4 is 0 Å². The van der Waals surface area contributed by atoms with Crippen LogP contribution >= 0.6 is 0 Å². The lowest BCUT2D eigenvalue weighted by atomic mass is 9.94. The van der Waals surface area contributed by atoms with Gasteiger partial charge in [-0.1, -0.05) is 36.8 Å². The molecule has 1 heterocycles. The van der Waals surface area contributed by atoms with E-state index < -0.39 is 0 Å². The number of hydrogen-bond donors (Lipinski definition) is 0. The molecule has 0 bridgehead atoms. The molecule has 1 aliphatic carbocycles. The molecular formula is C15H21N. The molecule has 1 heteroatoms. The summed E-state index contributed by atoms with van der Waals surface area (Å²) < 4.78 is 0. The molecule has 1 aliphatic heterocycles. The summed E-state index contributed by atoms with van der Waals surface area (Å²) in [7, 11) is 0. The van der Waals surface area contributed by atoms with Crippen molar-refractivity contribution in [3.05, 3.63) is 35.9 Å². The van der Waals surface area contributed by atoms with Gasteiger partial charge < -0.3 is 4.90 Å². The maximum atomic E-state index is 2.68. The van der Waals surface area contributed by atoms with Crippen molar-refractivity contribution in [3.63, 3.8) is 0 Å². The van der Waals surface area contributed by atoms with E-state index >= 15 is 0 Å². The molecule has 0 N–H and O–H groups in total. The lowest BCUT2D eigenvalue weighted by Crippen LogP contribution is -2.36. The molecule has 2 fully saturated rings. The Labute approximate surface area is 98.5 Å². The quantitative estimate of drug-likeness (QED) is 0.748. The Morgan fingerprint density at radius 2 is 1.62 bits per heavy atom. The summed E-state index contributed by atoms with van der Waals surface area (Å²) in [6, 6.07) is 11.1. The van der Waals surface area contributed by atoms with Crippen molar-refractivity contribution < 1.29 is 0 Å². The summed E-state index contributed by atoms with van der Waals surface area (Å²) in [5.41, 5.74) is 2.10. The molecule has 1 aromatic rings. The van der Waals surface area contributed by atoms with E-state index in [0.29, 0.717) is 5.41 Å². The summed E-state index contributed by atoms with van der Waals surface area (Å²) in [5, 5.41) is 0. The molecule has 3 rings (SSSR count). The molecule has 0 radical (unpaired) electrons. The van der Waals surface area contributed by atoms with Crippen molar-refractivity contribution in [2.75, 3.05) is 19.6 Å². The largest absolute Gasteiger partial charge is 0.302 e. The van der Waals surface area contributed by atoms with Gasteiger partial charge in [0.1, 0.15) is 0 Å². The van der Waals surface area contributed by atoms with E-state index in [-0.39, 0.29) is 0 Å². The average Bonchev–Trinajstić information content (AvgIpc) is 3.13. The molecule has 1 saturated heterocycles. The van der Waals surface area contributed by atoms with Crippen LogP contribution in [0.3, 0.4) is 0 Å². The average molecular weight is 215 g/mol. The Kier molecular flexibility index (Phi) is 2.72. The number of piperidine rings is 1. The van der Waals surface area contributed by atoms with E-state index in [2.05, 4.69) is 35.2 Å². The number of rotatable bonds is 3. The van der Waals surface area contributed by atoms with Crippen LogP contribution in [-0.4, -0.2) is 24.5 Å². The number of likely N-dealkylation sites (tertiary alicyclic amines) is 1. The lowest BCUT2D eigenvalue weighted by Gasteiger charge is -2.30. The predicted octanol–water partition coefficient (Wildman–Crippen LogP) is 3.20. The van der Waals surface area contributed by atoms with E-state index in [0.717, 1.165) is 0 Å². The normalized spacial score (nSPS) is 24.2. The molecule has 0 amide bonds. The molecule has 0 atom stereocenters. The van der Waals surface area contributed by atoms with Crippen molar-refractivity contribution in [2.24, 2.45) is 0 Å². The van der Waals surface area contributed by atoms with E-state index in [1.807, 2.05) is 0 Å². The van der Waals surface area contributed by atoms with Crippen LogP contribution in [0.25, 0.3) is 0 Å². The van der Waals surface area contributed by atoms with Crippen LogP contribution in [0.5, 0.6) is 0 Å². The van der Waals surface area contributed by atoms with Gasteiger partial charge >= 0.3 is 0 Å². The molecular weight excluding hydrogens is 194 g/mol. The summed E-state index contributed by atoms with van der Waals surface area (Å²) in [5.74, 6) is 0. The topological polar surface area (TPSA) is 3.24 Å². The minimum atomic E-state index is 0.526. The fourth-order valence-electron chi connectivity index (χ4n) is 3.03. The second kappa shape index (κ2) is 4.21. The second-order valence-electron chi connectivity index (χ2n) is 5.48. The first-order valence-electron chi connectivity index (χ1n) is 6.67. The van der Waals surface area contributed by atoms with Gasteiger partial charge in [-0.2, -0.15) is 0 Å². The minimum absolute atomic E-state index is 0.526. The summed E-state index contributed by atoms with van der Waals surface area (Å²) in [4.78, 5) is 2.68. The third kappa shape index (κ3) is 2.01. The van der Waals surface area contributed by atoms with Crippen LogP contribution in [0.15, 0.2) is 30.3 Å². The molecule has 0 aromatic heterocycles. The van der Waals surface area contributed by atoms with Gasteiger partial charge in [-0.25, -0.2) is 0 Å². The zero-order valence-electron chi connectivity index (χ0n) is 9.99. The first-order valence-corrected chi connectivity index (χ1v) is 6.67. The first kappa shape index (κ1) is 10.3. The molecule has 1 aromatic carbocycles. The number of benzene rings is 1. The van der Waals surface area contributed by atoms with Crippen molar-refractivity contribution in [1.29, 1.82) is 0 Å². The van der Waals surface area contributed by atoms with Gasteiger partial charge in [0.2, 0.25) is 0 Å². The van der Waals surface area contributed by atoms with Crippen molar-refractivity contribution in [1.82, 2.24) is 4.90 Å². The minimum Gasteiger partial charge on any atom is -0.302 e. The second-order valence-corrected chi connectivity index (χ2v) is 5.48. The SMILES string of the molecule is c1ccc(C2(CN3CCCCC3)CC2)cc1. The Morgan fingerprint density at radius 3 is 2.25 bits per heavy atom. The van der Waals surface area contributed by atoms with Crippen LogP contribution in [0.1, 0.15) is 37.7 Å². The van der Waals surface area contributed by atoms with Gasteiger partial charge in [0, 0.05) is 12.0 Å². The zero-order chi connectivity index (χ0) is 10.8. The lowest BCUT2D eigenvalue weighted by molar-refractivity contribution is 0.209. The fourth-order valence-corrected chi connectivity index (χ4v) is 3.03. The maximum absolute atomic E-state index is 2.68. The predicted molar refractivity (Wildman–Crippen MR) is 67.6 cm³/mol. The van der Waals surface area contributed by atoms with Gasteiger partial charge in [0.15, 0.2) is 0 Å². The highest BCUT2D eigenvalue weighted by molar-refractivity contribution is 5.31. The van der Waals surface area contributed by atoms with Crippen LogP contribution in [-0.2, 0) is 5.41 Å². The van der Waals surface area contributed by atoms with Crippen molar-refractivity contribution in [3.8, 4) is 0 Å². The molecule has 16 heavy (non-hydrogen) atoms.